The van der Waals surface area contributed by atoms with Crippen molar-refractivity contribution in [3.05, 3.63) is 17.5 Å². The van der Waals surface area contributed by atoms with E-state index in [0.717, 1.165) is 24.2 Å². The van der Waals surface area contributed by atoms with Crippen LogP contribution in [0.2, 0.25) is 0 Å². The van der Waals surface area contributed by atoms with E-state index in [1.165, 1.54) is 6.07 Å². The number of hydrogen-bond acceptors (Lipinski definition) is 5. The summed E-state index contributed by atoms with van der Waals surface area (Å²) in [4.78, 5) is 22.7. The van der Waals surface area contributed by atoms with Gasteiger partial charge in [-0.15, -0.1) is 11.3 Å². The van der Waals surface area contributed by atoms with Gasteiger partial charge >= 0.3 is 5.97 Å². The van der Waals surface area contributed by atoms with Gasteiger partial charge in [-0.1, -0.05) is 18.9 Å². The third-order valence-electron chi connectivity index (χ3n) is 3.08. The fraction of sp³-hybridized carbons (Fsp3) is 0.500. The summed E-state index contributed by atoms with van der Waals surface area (Å²) in [6.07, 6.45) is 2.34. The van der Waals surface area contributed by atoms with Crippen LogP contribution in [0.25, 0.3) is 0 Å². The van der Waals surface area contributed by atoms with E-state index >= 15 is 0 Å². The first kappa shape index (κ1) is 15.9. The minimum atomic E-state index is -3.72. The van der Waals surface area contributed by atoms with Crippen LogP contribution in [0.4, 0.5) is 0 Å². The molecule has 116 valence electrons. The average Bonchev–Trinajstić information content (AvgIpc) is 3.05. The average molecular weight is 332 g/mol. The highest BCUT2D eigenvalue weighted by molar-refractivity contribution is 7.91. The first-order chi connectivity index (χ1) is 9.88. The molecule has 0 bridgehead atoms. The van der Waals surface area contributed by atoms with Crippen molar-refractivity contribution in [1.82, 2.24) is 10.0 Å². The number of thiophene rings is 1. The van der Waals surface area contributed by atoms with Gasteiger partial charge in [0.15, 0.2) is 0 Å². The van der Waals surface area contributed by atoms with Crippen molar-refractivity contribution >= 4 is 33.2 Å². The number of carboxylic acid groups (broad SMARTS) is 1. The van der Waals surface area contributed by atoms with E-state index in [4.69, 9.17) is 5.11 Å². The Labute approximate surface area is 126 Å². The van der Waals surface area contributed by atoms with Crippen molar-refractivity contribution in [2.75, 3.05) is 6.54 Å². The van der Waals surface area contributed by atoms with Crippen LogP contribution in [0.15, 0.2) is 21.7 Å². The molecule has 1 aromatic heterocycles. The van der Waals surface area contributed by atoms with Crippen LogP contribution in [-0.2, 0) is 19.6 Å². The summed E-state index contributed by atoms with van der Waals surface area (Å²) < 4.78 is 25.9. The Morgan fingerprint density at radius 2 is 2.14 bits per heavy atom. The van der Waals surface area contributed by atoms with Crippen molar-refractivity contribution in [1.29, 1.82) is 0 Å². The van der Waals surface area contributed by atoms with Crippen molar-refractivity contribution in [2.45, 2.75) is 29.5 Å². The fourth-order valence-corrected chi connectivity index (χ4v) is 3.82. The molecule has 1 saturated carbocycles. The van der Waals surface area contributed by atoms with Crippen LogP contribution < -0.4 is 10.0 Å². The largest absolute Gasteiger partial charge is 0.480 e. The van der Waals surface area contributed by atoms with Crippen LogP contribution in [-0.4, -0.2) is 38.0 Å². The molecule has 2 rings (SSSR count). The number of rotatable bonds is 8. The molecule has 7 nitrogen and oxygen atoms in total. The molecular weight excluding hydrogens is 316 g/mol. The van der Waals surface area contributed by atoms with Crippen molar-refractivity contribution in [3.8, 4) is 0 Å². The molecule has 3 N–H and O–H groups in total. The summed E-state index contributed by atoms with van der Waals surface area (Å²) in [5.41, 5.74) is 0. The second-order valence-electron chi connectivity index (χ2n) is 4.89. The summed E-state index contributed by atoms with van der Waals surface area (Å²) in [5, 5.41) is 13.0. The molecule has 21 heavy (non-hydrogen) atoms. The van der Waals surface area contributed by atoms with Gasteiger partial charge in [-0.05, 0) is 23.8 Å². The van der Waals surface area contributed by atoms with Crippen LogP contribution in [0.5, 0.6) is 0 Å². The molecule has 0 saturated heterocycles. The third kappa shape index (κ3) is 4.80. The van der Waals surface area contributed by atoms with Gasteiger partial charge in [0.2, 0.25) is 5.91 Å². The summed E-state index contributed by atoms with van der Waals surface area (Å²) in [5.74, 6) is -1.41. The third-order valence-corrected chi connectivity index (χ3v) is 5.88. The molecule has 0 aromatic carbocycles. The zero-order valence-electron chi connectivity index (χ0n) is 11.1. The van der Waals surface area contributed by atoms with Crippen molar-refractivity contribution < 1.29 is 23.1 Å². The fourth-order valence-electron chi connectivity index (χ4n) is 1.80. The quantitative estimate of drug-likeness (QED) is 0.638. The van der Waals surface area contributed by atoms with Gasteiger partial charge < -0.3 is 10.4 Å². The van der Waals surface area contributed by atoms with E-state index in [1.807, 2.05) is 0 Å². The summed E-state index contributed by atoms with van der Waals surface area (Å²) in [6, 6.07) is 2.06. The summed E-state index contributed by atoms with van der Waals surface area (Å²) in [7, 11) is -3.72. The lowest BCUT2D eigenvalue weighted by molar-refractivity contribution is -0.142. The number of carbonyl (C=O) groups excluding carboxylic acids is 1. The summed E-state index contributed by atoms with van der Waals surface area (Å²) in [6.45, 7) is -0.478. The van der Waals surface area contributed by atoms with E-state index in [1.54, 1.807) is 11.4 Å². The minimum Gasteiger partial charge on any atom is -0.480 e. The zero-order chi connectivity index (χ0) is 15.5. The highest BCUT2D eigenvalue weighted by atomic mass is 32.2. The smallest absolute Gasteiger partial charge is 0.326 e. The van der Waals surface area contributed by atoms with E-state index in [0.29, 0.717) is 12.3 Å². The normalized spacial score (nSPS) is 16.4. The number of aliphatic carboxylic acids is 1. The molecule has 1 atom stereocenters. The first-order valence-electron chi connectivity index (χ1n) is 6.44. The van der Waals surface area contributed by atoms with Crippen molar-refractivity contribution in [2.24, 2.45) is 5.92 Å². The molecule has 1 fully saturated rings. The number of amides is 1. The highest BCUT2D eigenvalue weighted by Crippen LogP contribution is 2.33. The lowest BCUT2D eigenvalue weighted by Gasteiger charge is -2.14. The number of carboxylic acids is 1. The molecule has 1 unspecified atom stereocenters. The maximum absolute atomic E-state index is 11.8. The molecule has 1 heterocycles. The molecule has 9 heteroatoms. The highest BCUT2D eigenvalue weighted by Gasteiger charge is 2.30. The Morgan fingerprint density at radius 1 is 1.43 bits per heavy atom. The molecule has 0 spiro atoms. The summed E-state index contributed by atoms with van der Waals surface area (Å²) >= 11 is 1.04. The molecular formula is C12H16N2O5S2. The van der Waals surface area contributed by atoms with Crippen LogP contribution in [0.3, 0.4) is 0 Å². The topological polar surface area (TPSA) is 113 Å². The van der Waals surface area contributed by atoms with Crippen LogP contribution >= 0.6 is 11.3 Å². The Bertz CT molecular complexity index is 608. The Balaban J connectivity index is 1.84. The second kappa shape index (κ2) is 6.54. The van der Waals surface area contributed by atoms with Crippen molar-refractivity contribution in [3.63, 3.8) is 0 Å². The molecule has 1 aromatic rings. The Hall–Kier alpha value is -1.45. The van der Waals surface area contributed by atoms with E-state index < -0.39 is 34.5 Å². The molecule has 0 radical (unpaired) electrons. The zero-order valence-corrected chi connectivity index (χ0v) is 12.7. The second-order valence-corrected chi connectivity index (χ2v) is 7.84. The number of hydrogen-bond donors (Lipinski definition) is 3. The number of nitrogens with one attached hydrogen (secondary N) is 2. The lowest BCUT2D eigenvalue weighted by Crippen LogP contribution is -2.45. The number of carbonyl (C=O) groups is 2. The van der Waals surface area contributed by atoms with E-state index in [9.17, 15) is 18.0 Å². The van der Waals surface area contributed by atoms with Gasteiger partial charge in [-0.2, -0.15) is 0 Å². The van der Waals surface area contributed by atoms with E-state index in [-0.39, 0.29) is 4.21 Å². The SMILES string of the molecule is O=C(CNS(=O)(=O)c1cccs1)NC(CC1CC1)C(=O)O. The maximum Gasteiger partial charge on any atom is 0.326 e. The predicted molar refractivity (Wildman–Crippen MR) is 76.4 cm³/mol. The monoisotopic (exact) mass is 332 g/mol. The lowest BCUT2D eigenvalue weighted by atomic mass is 10.1. The predicted octanol–water partition coefficient (Wildman–Crippen LogP) is 0.396. The van der Waals surface area contributed by atoms with Gasteiger partial charge in [0, 0.05) is 0 Å². The minimum absolute atomic E-state index is 0.114. The van der Waals surface area contributed by atoms with Crippen LogP contribution in [0, 0.1) is 5.92 Å². The van der Waals surface area contributed by atoms with Gasteiger partial charge in [-0.3, -0.25) is 4.79 Å². The standard InChI is InChI=1S/C12H16N2O5S2/c15-10(14-9(12(16)17)6-8-3-4-8)7-13-21(18,19)11-2-1-5-20-11/h1-2,5,8-9,13H,3-4,6-7H2,(H,14,15)(H,16,17). The van der Waals surface area contributed by atoms with Gasteiger partial charge in [0.25, 0.3) is 10.0 Å². The van der Waals surface area contributed by atoms with Gasteiger partial charge in [0.1, 0.15) is 10.3 Å². The molecule has 1 aliphatic rings. The maximum atomic E-state index is 11.8. The molecule has 0 aliphatic heterocycles. The van der Waals surface area contributed by atoms with E-state index in [2.05, 4.69) is 10.0 Å². The van der Waals surface area contributed by atoms with Crippen LogP contribution in [0.1, 0.15) is 19.3 Å². The first-order valence-corrected chi connectivity index (χ1v) is 8.80. The van der Waals surface area contributed by atoms with Gasteiger partial charge in [-0.25, -0.2) is 17.9 Å². The van der Waals surface area contributed by atoms with Gasteiger partial charge in [0.05, 0.1) is 6.54 Å². The molecule has 1 aliphatic carbocycles. The number of sulfonamides is 1. The Kier molecular flexibility index (Phi) is 4.96. The molecule has 1 amide bonds. The Morgan fingerprint density at radius 3 is 2.67 bits per heavy atom.